The highest BCUT2D eigenvalue weighted by molar-refractivity contribution is 8.13. The van der Waals surface area contributed by atoms with E-state index in [1.165, 1.54) is 31.4 Å². The van der Waals surface area contributed by atoms with E-state index in [0.29, 0.717) is 12.6 Å². The van der Waals surface area contributed by atoms with Gasteiger partial charge >= 0.3 is 0 Å². The van der Waals surface area contributed by atoms with Gasteiger partial charge in [0.15, 0.2) is 5.17 Å². The molecule has 5 heteroatoms. The summed E-state index contributed by atoms with van der Waals surface area (Å²) in [5, 5.41) is 4.54. The van der Waals surface area contributed by atoms with Gasteiger partial charge in [0.2, 0.25) is 5.91 Å². The number of hydrogen-bond acceptors (Lipinski definition) is 3. The van der Waals surface area contributed by atoms with Crippen LogP contribution in [0, 0.1) is 5.92 Å². The van der Waals surface area contributed by atoms with Gasteiger partial charge in [0.1, 0.15) is 6.54 Å². The molecule has 3 aliphatic rings. The molecule has 1 N–H and O–H groups in total. The molecule has 3 fully saturated rings. The Morgan fingerprint density at radius 3 is 2.89 bits per heavy atom. The van der Waals surface area contributed by atoms with E-state index in [1.807, 2.05) is 4.90 Å². The standard InChI is InChI=1S/C14H23N3OS/c18-13(17-7-3-4-8-17)9-15-14-16-12-6-2-1-5-11(12)10-19-14/h11-12H,1-10H2,(H,15,16). The lowest BCUT2D eigenvalue weighted by Gasteiger charge is -2.36. The fourth-order valence-electron chi connectivity index (χ4n) is 3.28. The molecule has 106 valence electrons. The van der Waals surface area contributed by atoms with Gasteiger partial charge < -0.3 is 10.2 Å². The third kappa shape index (κ3) is 3.25. The van der Waals surface area contributed by atoms with Crippen molar-refractivity contribution in [1.29, 1.82) is 0 Å². The summed E-state index contributed by atoms with van der Waals surface area (Å²) in [6.45, 7) is 2.18. The molecule has 0 aromatic carbocycles. The predicted molar refractivity (Wildman–Crippen MR) is 79.5 cm³/mol. The van der Waals surface area contributed by atoms with E-state index < -0.39 is 0 Å². The number of hydrogen-bond donors (Lipinski definition) is 1. The van der Waals surface area contributed by atoms with Crippen molar-refractivity contribution in [1.82, 2.24) is 10.2 Å². The van der Waals surface area contributed by atoms with Crippen LogP contribution < -0.4 is 5.32 Å². The number of rotatable bonds is 2. The Labute approximate surface area is 119 Å². The summed E-state index contributed by atoms with van der Waals surface area (Å²) in [5.74, 6) is 2.18. The highest BCUT2D eigenvalue weighted by atomic mass is 32.2. The SMILES string of the molecule is O=C(CN=C1NC2CCCCC2CS1)N1CCCC1. The smallest absolute Gasteiger partial charge is 0.244 e. The third-order valence-corrected chi connectivity index (χ3v) is 5.58. The Morgan fingerprint density at radius 1 is 1.26 bits per heavy atom. The van der Waals surface area contributed by atoms with Gasteiger partial charge in [0, 0.05) is 24.9 Å². The van der Waals surface area contributed by atoms with Crippen molar-refractivity contribution in [2.45, 2.75) is 44.6 Å². The molecule has 19 heavy (non-hydrogen) atoms. The summed E-state index contributed by atoms with van der Waals surface area (Å²) >= 11 is 1.80. The number of likely N-dealkylation sites (tertiary alicyclic amines) is 1. The lowest BCUT2D eigenvalue weighted by molar-refractivity contribution is -0.128. The topological polar surface area (TPSA) is 44.7 Å². The van der Waals surface area contributed by atoms with Gasteiger partial charge in [-0.1, -0.05) is 24.6 Å². The Balaban J connectivity index is 1.51. The molecule has 2 aliphatic heterocycles. The van der Waals surface area contributed by atoms with E-state index in [0.717, 1.165) is 37.0 Å². The number of amidine groups is 1. The zero-order chi connectivity index (χ0) is 13.1. The molecule has 2 heterocycles. The van der Waals surface area contributed by atoms with Gasteiger partial charge in [-0.05, 0) is 31.6 Å². The fraction of sp³-hybridized carbons (Fsp3) is 0.857. The minimum Gasteiger partial charge on any atom is -0.362 e. The summed E-state index contributed by atoms with van der Waals surface area (Å²) in [6.07, 6.45) is 7.63. The Kier molecular flexibility index (Phi) is 4.31. The molecule has 2 unspecified atom stereocenters. The fourth-order valence-corrected chi connectivity index (χ4v) is 4.44. The van der Waals surface area contributed by atoms with Crippen LogP contribution in [0.4, 0.5) is 0 Å². The highest BCUT2D eigenvalue weighted by Crippen LogP contribution is 2.31. The van der Waals surface area contributed by atoms with Crippen LogP contribution in [0.2, 0.25) is 0 Å². The molecule has 0 spiro atoms. The van der Waals surface area contributed by atoms with Gasteiger partial charge in [0.05, 0.1) is 0 Å². The van der Waals surface area contributed by atoms with Crippen molar-refractivity contribution in [3.8, 4) is 0 Å². The molecule has 2 saturated heterocycles. The number of fused-ring (bicyclic) bond motifs is 1. The first-order valence-corrected chi connectivity index (χ1v) is 8.53. The number of nitrogens with one attached hydrogen (secondary N) is 1. The molecule has 0 aromatic rings. The molecular formula is C14H23N3OS. The lowest BCUT2D eigenvalue weighted by atomic mass is 9.86. The Hall–Kier alpha value is -0.710. The number of thioether (sulfide) groups is 1. The summed E-state index contributed by atoms with van der Waals surface area (Å²) < 4.78 is 0. The number of amides is 1. The number of carbonyl (C=O) groups excluding carboxylic acids is 1. The van der Waals surface area contributed by atoms with E-state index in [-0.39, 0.29) is 5.91 Å². The van der Waals surface area contributed by atoms with E-state index in [1.54, 1.807) is 11.8 Å². The van der Waals surface area contributed by atoms with Crippen LogP contribution in [-0.2, 0) is 4.79 Å². The second-order valence-corrected chi connectivity index (χ2v) is 6.82. The number of aliphatic imine (C=N–C) groups is 1. The third-order valence-electron chi connectivity index (χ3n) is 4.47. The first-order chi connectivity index (χ1) is 9.33. The lowest BCUT2D eigenvalue weighted by Crippen LogP contribution is -2.46. The van der Waals surface area contributed by atoms with Crippen molar-refractivity contribution in [3.63, 3.8) is 0 Å². The molecular weight excluding hydrogens is 258 g/mol. The molecule has 3 rings (SSSR count). The monoisotopic (exact) mass is 281 g/mol. The van der Waals surface area contributed by atoms with E-state index in [9.17, 15) is 4.79 Å². The average Bonchev–Trinajstić information content (AvgIpc) is 2.99. The molecule has 2 atom stereocenters. The normalized spacial score (nSPS) is 33.1. The first kappa shape index (κ1) is 13.3. The predicted octanol–water partition coefficient (Wildman–Crippen LogP) is 1.86. The summed E-state index contributed by atoms with van der Waals surface area (Å²) in [7, 11) is 0. The van der Waals surface area contributed by atoms with E-state index in [4.69, 9.17) is 0 Å². The van der Waals surface area contributed by atoms with Crippen molar-refractivity contribution in [3.05, 3.63) is 0 Å². The van der Waals surface area contributed by atoms with Crippen LogP contribution in [0.25, 0.3) is 0 Å². The molecule has 1 saturated carbocycles. The van der Waals surface area contributed by atoms with Crippen molar-refractivity contribution in [2.75, 3.05) is 25.4 Å². The van der Waals surface area contributed by atoms with Crippen LogP contribution in [0.15, 0.2) is 4.99 Å². The molecule has 0 radical (unpaired) electrons. The van der Waals surface area contributed by atoms with Crippen LogP contribution in [-0.4, -0.2) is 47.4 Å². The summed E-state index contributed by atoms with van der Waals surface area (Å²) in [5.41, 5.74) is 0. The van der Waals surface area contributed by atoms with Gasteiger partial charge in [-0.3, -0.25) is 9.79 Å². The van der Waals surface area contributed by atoms with Crippen molar-refractivity contribution in [2.24, 2.45) is 10.9 Å². The second-order valence-electron chi connectivity index (χ2n) is 5.82. The minimum absolute atomic E-state index is 0.193. The van der Waals surface area contributed by atoms with Crippen LogP contribution in [0.1, 0.15) is 38.5 Å². The van der Waals surface area contributed by atoms with Gasteiger partial charge in [-0.2, -0.15) is 0 Å². The average molecular weight is 281 g/mol. The number of carbonyl (C=O) groups is 1. The zero-order valence-electron chi connectivity index (χ0n) is 11.4. The molecule has 4 nitrogen and oxygen atoms in total. The second kappa shape index (κ2) is 6.16. The quantitative estimate of drug-likeness (QED) is 0.840. The van der Waals surface area contributed by atoms with Gasteiger partial charge in [-0.25, -0.2) is 0 Å². The van der Waals surface area contributed by atoms with Crippen molar-refractivity contribution < 1.29 is 4.79 Å². The van der Waals surface area contributed by atoms with Crippen molar-refractivity contribution >= 4 is 22.8 Å². The first-order valence-electron chi connectivity index (χ1n) is 7.54. The van der Waals surface area contributed by atoms with Gasteiger partial charge in [0.25, 0.3) is 0 Å². The number of nitrogens with zero attached hydrogens (tertiary/aromatic N) is 2. The highest BCUT2D eigenvalue weighted by Gasteiger charge is 2.30. The van der Waals surface area contributed by atoms with E-state index in [2.05, 4.69) is 10.3 Å². The maximum absolute atomic E-state index is 12.0. The summed E-state index contributed by atoms with van der Waals surface area (Å²) in [4.78, 5) is 18.4. The maximum Gasteiger partial charge on any atom is 0.244 e. The molecule has 0 aromatic heterocycles. The van der Waals surface area contributed by atoms with E-state index >= 15 is 0 Å². The summed E-state index contributed by atoms with van der Waals surface area (Å²) in [6, 6.07) is 0.607. The minimum atomic E-state index is 0.193. The zero-order valence-corrected chi connectivity index (χ0v) is 12.3. The Morgan fingerprint density at radius 2 is 2.05 bits per heavy atom. The van der Waals surface area contributed by atoms with Crippen LogP contribution in [0.3, 0.4) is 0 Å². The van der Waals surface area contributed by atoms with Crippen LogP contribution in [0.5, 0.6) is 0 Å². The maximum atomic E-state index is 12.0. The van der Waals surface area contributed by atoms with Crippen LogP contribution >= 0.6 is 11.8 Å². The van der Waals surface area contributed by atoms with Gasteiger partial charge in [-0.15, -0.1) is 0 Å². The Bertz CT molecular complexity index is 366. The molecule has 1 aliphatic carbocycles. The largest absolute Gasteiger partial charge is 0.362 e. The molecule has 0 bridgehead atoms. The molecule has 1 amide bonds.